The molecule has 5 heteroatoms. The summed E-state index contributed by atoms with van der Waals surface area (Å²) in [6.45, 7) is 0.103. The first-order chi connectivity index (χ1) is 6.99. The SMILES string of the molecule is CN(C)C(=O)NCc1cc(F)cc(F)c1. The molecule has 0 radical (unpaired) electrons. The van der Waals surface area contributed by atoms with Crippen LogP contribution in [0.5, 0.6) is 0 Å². The Hall–Kier alpha value is -1.65. The van der Waals surface area contributed by atoms with Crippen LogP contribution in [0, 0.1) is 11.6 Å². The van der Waals surface area contributed by atoms with Gasteiger partial charge in [0.2, 0.25) is 0 Å². The Balaban J connectivity index is 2.61. The average molecular weight is 214 g/mol. The van der Waals surface area contributed by atoms with Crippen molar-refractivity contribution in [3.63, 3.8) is 0 Å². The molecule has 0 spiro atoms. The second-order valence-electron chi connectivity index (χ2n) is 3.33. The number of carbonyl (C=O) groups excluding carboxylic acids is 1. The fourth-order valence-electron chi connectivity index (χ4n) is 1.05. The first kappa shape index (κ1) is 11.4. The van der Waals surface area contributed by atoms with Crippen molar-refractivity contribution >= 4 is 6.03 Å². The Morgan fingerprint density at radius 2 is 1.80 bits per heavy atom. The predicted molar refractivity (Wildman–Crippen MR) is 52.3 cm³/mol. The van der Waals surface area contributed by atoms with E-state index in [2.05, 4.69) is 5.32 Å². The van der Waals surface area contributed by atoms with Crippen molar-refractivity contribution in [2.75, 3.05) is 14.1 Å². The van der Waals surface area contributed by atoms with E-state index in [1.165, 1.54) is 17.0 Å². The summed E-state index contributed by atoms with van der Waals surface area (Å²) in [5.74, 6) is -1.30. The number of carbonyl (C=O) groups is 1. The number of hydrogen-bond acceptors (Lipinski definition) is 1. The molecule has 0 fully saturated rings. The van der Waals surface area contributed by atoms with Crippen molar-refractivity contribution in [1.29, 1.82) is 0 Å². The van der Waals surface area contributed by atoms with Gasteiger partial charge in [-0.2, -0.15) is 0 Å². The molecule has 1 N–H and O–H groups in total. The molecular weight excluding hydrogens is 202 g/mol. The molecule has 0 aromatic heterocycles. The maximum absolute atomic E-state index is 12.7. The summed E-state index contributed by atoms with van der Waals surface area (Å²) < 4.78 is 25.5. The van der Waals surface area contributed by atoms with Crippen LogP contribution in [-0.2, 0) is 6.54 Å². The van der Waals surface area contributed by atoms with E-state index in [4.69, 9.17) is 0 Å². The Morgan fingerprint density at radius 3 is 2.27 bits per heavy atom. The van der Waals surface area contributed by atoms with E-state index in [1.54, 1.807) is 14.1 Å². The summed E-state index contributed by atoms with van der Waals surface area (Å²) >= 11 is 0. The summed E-state index contributed by atoms with van der Waals surface area (Å²) in [6.07, 6.45) is 0. The molecule has 0 heterocycles. The molecule has 0 bridgehead atoms. The molecule has 1 rings (SSSR count). The van der Waals surface area contributed by atoms with Crippen molar-refractivity contribution in [3.05, 3.63) is 35.4 Å². The molecular formula is C10H12F2N2O. The maximum atomic E-state index is 12.7. The van der Waals surface area contributed by atoms with Gasteiger partial charge in [-0.3, -0.25) is 0 Å². The zero-order valence-corrected chi connectivity index (χ0v) is 8.55. The van der Waals surface area contributed by atoms with Gasteiger partial charge in [0.15, 0.2) is 0 Å². The molecule has 82 valence electrons. The van der Waals surface area contributed by atoms with Gasteiger partial charge in [-0.15, -0.1) is 0 Å². The van der Waals surface area contributed by atoms with Gasteiger partial charge in [0, 0.05) is 26.7 Å². The molecule has 2 amide bonds. The minimum atomic E-state index is -0.649. The molecule has 3 nitrogen and oxygen atoms in total. The highest BCUT2D eigenvalue weighted by molar-refractivity contribution is 5.73. The van der Waals surface area contributed by atoms with Gasteiger partial charge in [0.05, 0.1) is 0 Å². The van der Waals surface area contributed by atoms with Gasteiger partial charge in [0.1, 0.15) is 11.6 Å². The van der Waals surface area contributed by atoms with Crippen molar-refractivity contribution in [3.8, 4) is 0 Å². The van der Waals surface area contributed by atoms with E-state index in [-0.39, 0.29) is 12.6 Å². The van der Waals surface area contributed by atoms with Gasteiger partial charge in [-0.25, -0.2) is 13.6 Å². The van der Waals surface area contributed by atoms with Crippen molar-refractivity contribution in [2.45, 2.75) is 6.54 Å². The fourth-order valence-corrected chi connectivity index (χ4v) is 1.05. The molecule has 0 saturated carbocycles. The van der Waals surface area contributed by atoms with E-state index < -0.39 is 11.6 Å². The number of amides is 2. The van der Waals surface area contributed by atoms with Gasteiger partial charge in [-0.1, -0.05) is 0 Å². The van der Waals surface area contributed by atoms with Crippen LogP contribution in [0.25, 0.3) is 0 Å². The van der Waals surface area contributed by atoms with E-state index in [0.29, 0.717) is 5.56 Å². The highest BCUT2D eigenvalue weighted by atomic mass is 19.1. The zero-order valence-electron chi connectivity index (χ0n) is 8.55. The van der Waals surface area contributed by atoms with Gasteiger partial charge in [-0.05, 0) is 17.7 Å². The minimum Gasteiger partial charge on any atom is -0.334 e. The number of rotatable bonds is 2. The average Bonchev–Trinajstić information content (AvgIpc) is 2.12. The van der Waals surface area contributed by atoms with Crippen LogP contribution in [0.1, 0.15) is 5.56 Å². The Labute approximate surface area is 86.7 Å². The smallest absolute Gasteiger partial charge is 0.317 e. The van der Waals surface area contributed by atoms with E-state index in [0.717, 1.165) is 6.07 Å². The zero-order chi connectivity index (χ0) is 11.4. The number of nitrogens with zero attached hydrogens (tertiary/aromatic N) is 1. The van der Waals surface area contributed by atoms with Crippen LogP contribution in [0.4, 0.5) is 13.6 Å². The predicted octanol–water partition coefficient (Wildman–Crippen LogP) is 1.74. The molecule has 0 atom stereocenters. The Kier molecular flexibility index (Phi) is 3.60. The third-order valence-electron chi connectivity index (χ3n) is 1.77. The third-order valence-corrected chi connectivity index (χ3v) is 1.77. The second-order valence-corrected chi connectivity index (χ2v) is 3.33. The Bertz CT molecular complexity index is 346. The van der Waals surface area contributed by atoms with E-state index in [9.17, 15) is 13.6 Å². The van der Waals surface area contributed by atoms with Crippen LogP contribution in [0.15, 0.2) is 18.2 Å². The minimum absolute atomic E-state index is 0.103. The van der Waals surface area contributed by atoms with Gasteiger partial charge >= 0.3 is 6.03 Å². The molecule has 0 aliphatic rings. The summed E-state index contributed by atoms with van der Waals surface area (Å²) in [5.41, 5.74) is 0.391. The quantitative estimate of drug-likeness (QED) is 0.799. The topological polar surface area (TPSA) is 32.3 Å². The van der Waals surface area contributed by atoms with Crippen LogP contribution < -0.4 is 5.32 Å². The lowest BCUT2D eigenvalue weighted by Crippen LogP contribution is -2.33. The normalized spacial score (nSPS) is 9.87. The first-order valence-electron chi connectivity index (χ1n) is 4.39. The second kappa shape index (κ2) is 4.72. The van der Waals surface area contributed by atoms with Gasteiger partial charge in [0.25, 0.3) is 0 Å². The molecule has 0 aliphatic heterocycles. The number of benzene rings is 1. The number of halogens is 2. The van der Waals surface area contributed by atoms with Crippen LogP contribution >= 0.6 is 0 Å². The van der Waals surface area contributed by atoms with Crippen molar-refractivity contribution < 1.29 is 13.6 Å². The van der Waals surface area contributed by atoms with E-state index in [1.807, 2.05) is 0 Å². The maximum Gasteiger partial charge on any atom is 0.317 e. The van der Waals surface area contributed by atoms with Crippen molar-refractivity contribution in [2.24, 2.45) is 0 Å². The highest BCUT2D eigenvalue weighted by Gasteiger charge is 2.04. The van der Waals surface area contributed by atoms with Gasteiger partial charge < -0.3 is 10.2 Å². The van der Waals surface area contributed by atoms with E-state index >= 15 is 0 Å². The summed E-state index contributed by atoms with van der Waals surface area (Å²) in [5, 5.41) is 2.51. The van der Waals surface area contributed by atoms with Crippen molar-refractivity contribution in [1.82, 2.24) is 10.2 Å². The molecule has 1 aromatic rings. The number of hydrogen-bond donors (Lipinski definition) is 1. The summed E-state index contributed by atoms with van der Waals surface area (Å²) in [4.78, 5) is 12.5. The lowest BCUT2D eigenvalue weighted by molar-refractivity contribution is 0.217. The molecule has 1 aromatic carbocycles. The molecule has 15 heavy (non-hydrogen) atoms. The largest absolute Gasteiger partial charge is 0.334 e. The highest BCUT2D eigenvalue weighted by Crippen LogP contribution is 2.07. The Morgan fingerprint density at radius 1 is 1.27 bits per heavy atom. The van der Waals surface area contributed by atoms with Crippen LogP contribution in [0.2, 0.25) is 0 Å². The number of nitrogens with one attached hydrogen (secondary N) is 1. The third kappa shape index (κ3) is 3.53. The standard InChI is InChI=1S/C10H12F2N2O/c1-14(2)10(15)13-6-7-3-8(11)5-9(12)4-7/h3-5H,6H2,1-2H3,(H,13,15). The first-order valence-corrected chi connectivity index (χ1v) is 4.39. The van der Waals surface area contributed by atoms with Crippen LogP contribution in [0.3, 0.4) is 0 Å². The monoisotopic (exact) mass is 214 g/mol. The lowest BCUT2D eigenvalue weighted by atomic mass is 10.2. The summed E-state index contributed by atoms with van der Waals surface area (Å²) in [6, 6.07) is 2.84. The molecule has 0 unspecified atom stereocenters. The lowest BCUT2D eigenvalue weighted by Gasteiger charge is -2.11. The molecule has 0 saturated heterocycles. The number of urea groups is 1. The molecule has 0 aliphatic carbocycles. The van der Waals surface area contributed by atoms with Crippen LogP contribution in [-0.4, -0.2) is 25.0 Å². The summed E-state index contributed by atoms with van der Waals surface area (Å²) in [7, 11) is 3.17. The fraction of sp³-hybridized carbons (Fsp3) is 0.300.